The Kier molecular flexibility index (Phi) is 5.86. The van der Waals surface area contributed by atoms with E-state index < -0.39 is 6.09 Å². The molecule has 0 aliphatic rings. The zero-order valence-corrected chi connectivity index (χ0v) is 12.5. The van der Waals surface area contributed by atoms with Crippen LogP contribution in [-0.4, -0.2) is 22.8 Å². The van der Waals surface area contributed by atoms with Gasteiger partial charge in [-0.3, -0.25) is 5.32 Å². The highest BCUT2D eigenvalue weighted by molar-refractivity contribution is 14.1. The van der Waals surface area contributed by atoms with E-state index >= 15 is 0 Å². The van der Waals surface area contributed by atoms with Crippen molar-refractivity contribution in [2.45, 2.75) is 6.92 Å². The Morgan fingerprint density at radius 3 is 3.00 bits per heavy atom. The first-order valence-corrected chi connectivity index (χ1v) is 6.45. The van der Waals surface area contributed by atoms with Crippen molar-refractivity contribution in [3.8, 4) is 0 Å². The summed E-state index contributed by atoms with van der Waals surface area (Å²) in [5.74, 6) is 0.456. The molecule has 0 saturated heterocycles. The van der Waals surface area contributed by atoms with Gasteiger partial charge in [-0.05, 0) is 41.7 Å². The molecule has 0 spiro atoms. The Morgan fingerprint density at radius 2 is 2.41 bits per heavy atom. The average molecular weight is 386 g/mol. The zero-order chi connectivity index (χ0) is 12.8. The monoisotopic (exact) mass is 385 g/mol. The van der Waals surface area contributed by atoms with Gasteiger partial charge in [-0.1, -0.05) is 11.6 Å². The van der Waals surface area contributed by atoms with Crippen molar-refractivity contribution in [1.29, 1.82) is 0 Å². The van der Waals surface area contributed by atoms with Crippen molar-refractivity contribution < 1.29 is 9.53 Å². The zero-order valence-electron chi connectivity index (χ0n) is 8.79. The topological polar surface area (TPSA) is 63.2 Å². The summed E-state index contributed by atoms with van der Waals surface area (Å²) in [4.78, 5) is 15.1. The largest absolute Gasteiger partial charge is 0.450 e. The number of hydrogen-bond acceptors (Lipinski definition) is 4. The number of halogens is 2. The van der Waals surface area contributed by atoms with Gasteiger partial charge in [-0.2, -0.15) is 0 Å². The number of thiocarbonyl (C=S) groups is 1. The number of amides is 1. The molecule has 1 rings (SSSR count). The van der Waals surface area contributed by atoms with Gasteiger partial charge in [0.1, 0.15) is 5.82 Å². The second-order valence-corrected chi connectivity index (χ2v) is 4.76. The van der Waals surface area contributed by atoms with Crippen LogP contribution in [0, 0.1) is 3.57 Å². The van der Waals surface area contributed by atoms with Gasteiger partial charge in [0, 0.05) is 12.3 Å². The molecule has 5 nitrogen and oxygen atoms in total. The summed E-state index contributed by atoms with van der Waals surface area (Å²) < 4.78 is 5.50. The van der Waals surface area contributed by atoms with Gasteiger partial charge < -0.3 is 10.1 Å². The van der Waals surface area contributed by atoms with Crippen molar-refractivity contribution >= 4 is 63.4 Å². The van der Waals surface area contributed by atoms with Crippen LogP contribution in [0.1, 0.15) is 6.92 Å². The number of carbonyl (C=O) groups is 1. The Morgan fingerprint density at radius 1 is 1.71 bits per heavy atom. The average Bonchev–Trinajstić information content (AvgIpc) is 2.23. The first-order valence-electron chi connectivity index (χ1n) is 4.58. The van der Waals surface area contributed by atoms with Crippen LogP contribution in [-0.2, 0) is 4.74 Å². The minimum absolute atomic E-state index is 0.105. The minimum Gasteiger partial charge on any atom is -0.450 e. The molecule has 0 aliphatic carbocycles. The van der Waals surface area contributed by atoms with Gasteiger partial charge in [-0.25, -0.2) is 9.78 Å². The maximum Gasteiger partial charge on any atom is 0.413 e. The number of pyridine rings is 1. The smallest absolute Gasteiger partial charge is 0.413 e. The molecule has 0 aromatic carbocycles. The third kappa shape index (κ3) is 5.00. The van der Waals surface area contributed by atoms with Gasteiger partial charge in [0.05, 0.1) is 15.2 Å². The van der Waals surface area contributed by atoms with E-state index in [1.165, 1.54) is 0 Å². The van der Waals surface area contributed by atoms with E-state index in [4.69, 9.17) is 23.8 Å². The lowest BCUT2D eigenvalue weighted by Gasteiger charge is -2.08. The first-order chi connectivity index (χ1) is 8.02. The molecule has 1 aromatic heterocycles. The standard InChI is InChI=1S/C9H9ClIN3O2S/c1-2-16-9(15)14-8(17)13-7-3-5(10)6(11)4-12-7/h3-4H,2H2,1H3,(H2,12,13,14,15,17). The Bertz CT molecular complexity index is 444. The number of ether oxygens (including phenoxy) is 1. The Balaban J connectivity index is 2.56. The van der Waals surface area contributed by atoms with E-state index in [0.717, 1.165) is 3.57 Å². The highest BCUT2D eigenvalue weighted by atomic mass is 127. The molecular weight excluding hydrogens is 377 g/mol. The predicted octanol–water partition coefficient (Wildman–Crippen LogP) is 2.78. The molecule has 0 atom stereocenters. The molecule has 1 aromatic rings. The number of anilines is 1. The molecule has 92 valence electrons. The molecule has 0 radical (unpaired) electrons. The van der Waals surface area contributed by atoms with Gasteiger partial charge in [0.25, 0.3) is 0 Å². The van der Waals surface area contributed by atoms with Crippen molar-refractivity contribution in [1.82, 2.24) is 10.3 Å². The predicted molar refractivity (Wildman–Crippen MR) is 78.3 cm³/mol. The molecule has 0 aliphatic heterocycles. The minimum atomic E-state index is -0.610. The van der Waals surface area contributed by atoms with Crippen LogP contribution in [0.3, 0.4) is 0 Å². The summed E-state index contributed by atoms with van der Waals surface area (Å²) in [6.45, 7) is 1.98. The third-order valence-corrected chi connectivity index (χ3v) is 3.24. The van der Waals surface area contributed by atoms with Gasteiger partial charge in [-0.15, -0.1) is 0 Å². The van der Waals surface area contributed by atoms with Crippen LogP contribution in [0.5, 0.6) is 0 Å². The maximum absolute atomic E-state index is 11.1. The molecule has 17 heavy (non-hydrogen) atoms. The molecule has 1 heterocycles. The van der Waals surface area contributed by atoms with Gasteiger partial charge >= 0.3 is 6.09 Å². The number of alkyl carbamates (subject to hydrolysis) is 1. The summed E-state index contributed by atoms with van der Waals surface area (Å²) in [5, 5.41) is 5.72. The maximum atomic E-state index is 11.1. The molecule has 0 bridgehead atoms. The summed E-state index contributed by atoms with van der Waals surface area (Å²) in [7, 11) is 0. The second kappa shape index (κ2) is 6.92. The quantitative estimate of drug-likeness (QED) is 0.605. The first kappa shape index (κ1) is 14.4. The van der Waals surface area contributed by atoms with E-state index in [0.29, 0.717) is 10.8 Å². The number of carbonyl (C=O) groups excluding carboxylic acids is 1. The molecular formula is C9H9ClIN3O2S. The van der Waals surface area contributed by atoms with Gasteiger partial charge in [0.2, 0.25) is 0 Å². The van der Waals surface area contributed by atoms with E-state index in [9.17, 15) is 4.79 Å². The summed E-state index contributed by atoms with van der Waals surface area (Å²) in [5.41, 5.74) is 0. The number of nitrogens with zero attached hydrogens (tertiary/aromatic N) is 1. The molecule has 0 fully saturated rings. The molecule has 0 saturated carbocycles. The fraction of sp³-hybridized carbons (Fsp3) is 0.222. The van der Waals surface area contributed by atoms with Crippen molar-refractivity contribution in [3.05, 3.63) is 20.9 Å². The molecule has 2 N–H and O–H groups in total. The van der Waals surface area contributed by atoms with Crippen molar-refractivity contribution in [2.75, 3.05) is 11.9 Å². The van der Waals surface area contributed by atoms with Crippen molar-refractivity contribution in [2.24, 2.45) is 0 Å². The highest BCUT2D eigenvalue weighted by Gasteiger charge is 2.06. The van der Waals surface area contributed by atoms with Gasteiger partial charge in [0.15, 0.2) is 5.11 Å². The van der Waals surface area contributed by atoms with E-state index in [2.05, 4.69) is 42.9 Å². The lowest BCUT2D eigenvalue weighted by Crippen LogP contribution is -2.34. The SMILES string of the molecule is CCOC(=O)NC(=S)Nc1cc(Cl)c(I)cn1. The molecule has 1 amide bonds. The number of aromatic nitrogens is 1. The molecule has 0 unspecified atom stereocenters. The van der Waals surface area contributed by atoms with E-state index in [1.807, 2.05) is 0 Å². The van der Waals surface area contributed by atoms with Crippen LogP contribution in [0.4, 0.5) is 10.6 Å². The van der Waals surface area contributed by atoms with E-state index in [-0.39, 0.29) is 11.7 Å². The van der Waals surface area contributed by atoms with Crippen LogP contribution in [0.2, 0.25) is 5.02 Å². The van der Waals surface area contributed by atoms with Crippen LogP contribution < -0.4 is 10.6 Å². The van der Waals surface area contributed by atoms with Crippen LogP contribution in [0.25, 0.3) is 0 Å². The molecule has 8 heteroatoms. The number of hydrogen-bond donors (Lipinski definition) is 2. The second-order valence-electron chi connectivity index (χ2n) is 2.78. The Hall–Kier alpha value is -0.670. The summed E-state index contributed by atoms with van der Waals surface area (Å²) in [6.07, 6.45) is 0.986. The fourth-order valence-electron chi connectivity index (χ4n) is 0.890. The Labute approximate surface area is 122 Å². The van der Waals surface area contributed by atoms with Crippen LogP contribution in [0.15, 0.2) is 12.3 Å². The number of rotatable bonds is 2. The van der Waals surface area contributed by atoms with Crippen LogP contribution >= 0.6 is 46.4 Å². The summed E-state index contributed by atoms with van der Waals surface area (Å²) in [6, 6.07) is 1.61. The van der Waals surface area contributed by atoms with Crippen molar-refractivity contribution in [3.63, 3.8) is 0 Å². The third-order valence-electron chi connectivity index (χ3n) is 1.54. The highest BCUT2D eigenvalue weighted by Crippen LogP contribution is 2.19. The van der Waals surface area contributed by atoms with E-state index in [1.54, 1.807) is 19.2 Å². The lowest BCUT2D eigenvalue weighted by molar-refractivity contribution is 0.158. The fourth-order valence-corrected chi connectivity index (χ4v) is 1.52. The normalized spacial score (nSPS) is 9.59. The summed E-state index contributed by atoms with van der Waals surface area (Å²) >= 11 is 12.9. The lowest BCUT2D eigenvalue weighted by atomic mass is 10.4. The number of nitrogens with one attached hydrogen (secondary N) is 2.